The summed E-state index contributed by atoms with van der Waals surface area (Å²) in [6, 6.07) is 14.2. The maximum Gasteiger partial charge on any atom is 0.0346 e. The molecule has 0 radical (unpaired) electrons. The second-order valence-electron chi connectivity index (χ2n) is 3.02. The van der Waals surface area contributed by atoms with Crippen LogP contribution in [0.1, 0.15) is 0 Å². The summed E-state index contributed by atoms with van der Waals surface area (Å²) in [4.78, 5) is 4.01. The SMILES string of the molecule is c1ccc2cnccc2c1.c1ccsc1. The van der Waals surface area contributed by atoms with Crippen LogP contribution in [0.2, 0.25) is 0 Å². The van der Waals surface area contributed by atoms with Gasteiger partial charge in [0.2, 0.25) is 0 Å². The molecule has 3 rings (SSSR count). The van der Waals surface area contributed by atoms with Crippen LogP contribution in [0.15, 0.2) is 65.6 Å². The molecule has 0 spiro atoms. The van der Waals surface area contributed by atoms with Gasteiger partial charge in [-0.05, 0) is 27.6 Å². The highest BCUT2D eigenvalue weighted by Gasteiger charge is 1.86. The van der Waals surface area contributed by atoms with E-state index in [1.165, 1.54) is 10.8 Å². The Balaban J connectivity index is 0.000000144. The van der Waals surface area contributed by atoms with Crippen LogP contribution in [0.4, 0.5) is 0 Å². The average Bonchev–Trinajstić information content (AvgIpc) is 2.88. The molecule has 15 heavy (non-hydrogen) atoms. The number of benzene rings is 1. The van der Waals surface area contributed by atoms with Gasteiger partial charge in [0.15, 0.2) is 0 Å². The van der Waals surface area contributed by atoms with Crippen LogP contribution in [0.25, 0.3) is 10.8 Å². The number of pyridine rings is 1. The van der Waals surface area contributed by atoms with E-state index in [-0.39, 0.29) is 0 Å². The van der Waals surface area contributed by atoms with E-state index in [9.17, 15) is 0 Å². The lowest BCUT2D eigenvalue weighted by molar-refractivity contribution is 1.36. The first-order chi connectivity index (χ1) is 7.47. The molecule has 3 aromatic rings. The molecule has 0 aliphatic carbocycles. The molecule has 0 saturated heterocycles. The van der Waals surface area contributed by atoms with Gasteiger partial charge in [0.1, 0.15) is 0 Å². The van der Waals surface area contributed by atoms with Gasteiger partial charge in [-0.25, -0.2) is 0 Å². The zero-order valence-corrected chi connectivity index (χ0v) is 9.02. The number of aromatic nitrogens is 1. The van der Waals surface area contributed by atoms with E-state index in [4.69, 9.17) is 0 Å². The minimum atomic E-state index is 1.20. The first-order valence-corrected chi connectivity index (χ1v) is 5.67. The maximum atomic E-state index is 4.01. The zero-order chi connectivity index (χ0) is 10.3. The highest BCUT2D eigenvalue weighted by molar-refractivity contribution is 7.07. The van der Waals surface area contributed by atoms with E-state index in [1.54, 1.807) is 11.3 Å². The molecule has 0 bridgehead atoms. The fourth-order valence-corrected chi connectivity index (χ4v) is 1.71. The summed E-state index contributed by atoms with van der Waals surface area (Å²) in [5.74, 6) is 0. The van der Waals surface area contributed by atoms with E-state index in [0.717, 1.165) is 0 Å². The monoisotopic (exact) mass is 213 g/mol. The quantitative estimate of drug-likeness (QED) is 0.550. The summed E-state index contributed by atoms with van der Waals surface area (Å²) in [7, 11) is 0. The van der Waals surface area contributed by atoms with Crippen molar-refractivity contribution in [3.8, 4) is 0 Å². The fraction of sp³-hybridized carbons (Fsp3) is 0. The molecule has 2 aromatic heterocycles. The van der Waals surface area contributed by atoms with E-state index < -0.39 is 0 Å². The molecule has 0 atom stereocenters. The minimum Gasteiger partial charge on any atom is -0.264 e. The summed E-state index contributed by atoms with van der Waals surface area (Å²) in [6.45, 7) is 0. The first-order valence-electron chi connectivity index (χ1n) is 4.73. The van der Waals surface area contributed by atoms with Crippen molar-refractivity contribution in [3.63, 3.8) is 0 Å². The third kappa shape index (κ3) is 2.89. The van der Waals surface area contributed by atoms with Gasteiger partial charge in [-0.15, -0.1) is 0 Å². The average molecular weight is 213 g/mol. The van der Waals surface area contributed by atoms with E-state index in [0.29, 0.717) is 0 Å². The molecule has 1 aromatic carbocycles. The Morgan fingerprint density at radius 3 is 2.13 bits per heavy atom. The summed E-state index contributed by atoms with van der Waals surface area (Å²) in [6.07, 6.45) is 3.68. The topological polar surface area (TPSA) is 12.9 Å². The van der Waals surface area contributed by atoms with Crippen LogP contribution >= 0.6 is 11.3 Å². The van der Waals surface area contributed by atoms with Crippen molar-refractivity contribution in [3.05, 3.63) is 65.6 Å². The fourth-order valence-electron chi connectivity index (χ4n) is 1.25. The highest BCUT2D eigenvalue weighted by Crippen LogP contribution is 2.09. The lowest BCUT2D eigenvalue weighted by Gasteiger charge is -1.91. The van der Waals surface area contributed by atoms with E-state index in [1.807, 2.05) is 53.5 Å². The predicted octanol–water partition coefficient (Wildman–Crippen LogP) is 3.98. The largest absolute Gasteiger partial charge is 0.264 e. The molecule has 0 N–H and O–H groups in total. The van der Waals surface area contributed by atoms with Crippen molar-refractivity contribution < 1.29 is 0 Å². The van der Waals surface area contributed by atoms with Crippen molar-refractivity contribution >= 4 is 22.1 Å². The normalized spacial score (nSPS) is 9.33. The molecule has 0 fully saturated rings. The molecule has 0 amide bonds. The van der Waals surface area contributed by atoms with Crippen LogP contribution in [0.5, 0.6) is 0 Å². The van der Waals surface area contributed by atoms with Crippen LogP contribution in [-0.4, -0.2) is 4.98 Å². The first kappa shape index (κ1) is 9.87. The Labute approximate surface area is 93.0 Å². The van der Waals surface area contributed by atoms with Crippen LogP contribution in [-0.2, 0) is 0 Å². The Bertz CT molecular complexity index is 420. The molecule has 0 aliphatic rings. The lowest BCUT2D eigenvalue weighted by atomic mass is 10.2. The summed E-state index contributed by atoms with van der Waals surface area (Å²) < 4.78 is 0. The Morgan fingerprint density at radius 1 is 0.800 bits per heavy atom. The summed E-state index contributed by atoms with van der Waals surface area (Å²) in [5.41, 5.74) is 0. The third-order valence-corrected chi connectivity index (χ3v) is 2.60. The van der Waals surface area contributed by atoms with Gasteiger partial charge in [-0.2, -0.15) is 11.3 Å². The number of rotatable bonds is 0. The van der Waals surface area contributed by atoms with Gasteiger partial charge >= 0.3 is 0 Å². The maximum absolute atomic E-state index is 4.01. The number of nitrogens with zero attached hydrogens (tertiary/aromatic N) is 1. The number of hydrogen-bond acceptors (Lipinski definition) is 2. The number of fused-ring (bicyclic) bond motifs is 1. The van der Waals surface area contributed by atoms with Crippen LogP contribution in [0, 0.1) is 0 Å². The van der Waals surface area contributed by atoms with E-state index >= 15 is 0 Å². The van der Waals surface area contributed by atoms with Crippen molar-refractivity contribution in [1.29, 1.82) is 0 Å². The predicted molar refractivity (Wildman–Crippen MR) is 66.1 cm³/mol. The summed E-state index contributed by atoms with van der Waals surface area (Å²) in [5, 5.41) is 6.53. The van der Waals surface area contributed by atoms with Crippen molar-refractivity contribution in [1.82, 2.24) is 4.98 Å². The standard InChI is InChI=1S/C9H7N.C4H4S/c1-2-4-9-7-10-6-5-8(9)3-1;1-2-4-5-3-1/h1-7H;1-4H. The molecular formula is C13H11NS. The third-order valence-electron chi connectivity index (χ3n) is 1.98. The minimum absolute atomic E-state index is 1.20. The molecule has 0 aliphatic heterocycles. The van der Waals surface area contributed by atoms with E-state index in [2.05, 4.69) is 17.1 Å². The van der Waals surface area contributed by atoms with Gasteiger partial charge in [0.05, 0.1) is 0 Å². The number of hydrogen-bond donors (Lipinski definition) is 0. The molecule has 0 saturated carbocycles. The molecule has 1 nitrogen and oxygen atoms in total. The van der Waals surface area contributed by atoms with Crippen LogP contribution in [0.3, 0.4) is 0 Å². The van der Waals surface area contributed by atoms with Crippen molar-refractivity contribution in [2.75, 3.05) is 0 Å². The van der Waals surface area contributed by atoms with Crippen molar-refractivity contribution in [2.24, 2.45) is 0 Å². The second-order valence-corrected chi connectivity index (χ2v) is 3.83. The summed E-state index contributed by atoms with van der Waals surface area (Å²) >= 11 is 1.71. The second kappa shape index (κ2) is 5.27. The van der Waals surface area contributed by atoms with Gasteiger partial charge in [0, 0.05) is 12.4 Å². The molecule has 74 valence electrons. The van der Waals surface area contributed by atoms with Crippen LogP contribution < -0.4 is 0 Å². The van der Waals surface area contributed by atoms with Gasteiger partial charge in [0.25, 0.3) is 0 Å². The smallest absolute Gasteiger partial charge is 0.0346 e. The Morgan fingerprint density at radius 2 is 1.53 bits per heavy atom. The van der Waals surface area contributed by atoms with Crippen molar-refractivity contribution in [2.45, 2.75) is 0 Å². The van der Waals surface area contributed by atoms with Gasteiger partial charge in [-0.3, -0.25) is 4.98 Å². The van der Waals surface area contributed by atoms with Gasteiger partial charge in [-0.1, -0.05) is 36.4 Å². The molecule has 0 unspecified atom stereocenters. The zero-order valence-electron chi connectivity index (χ0n) is 8.21. The lowest BCUT2D eigenvalue weighted by Crippen LogP contribution is -1.71. The Kier molecular flexibility index (Phi) is 3.47. The molecule has 2 heteroatoms. The Hall–Kier alpha value is -1.67. The number of thiophene rings is 1. The highest BCUT2D eigenvalue weighted by atomic mass is 32.1. The molecular weight excluding hydrogens is 202 g/mol. The molecule has 2 heterocycles. The van der Waals surface area contributed by atoms with Gasteiger partial charge < -0.3 is 0 Å².